The number of amides is 1. The quantitative estimate of drug-likeness (QED) is 0.647. The summed E-state index contributed by atoms with van der Waals surface area (Å²) in [5.74, 6) is -0.921. The van der Waals surface area contributed by atoms with Gasteiger partial charge in [0.15, 0.2) is 0 Å². The van der Waals surface area contributed by atoms with E-state index in [-0.39, 0.29) is 23.7 Å². The summed E-state index contributed by atoms with van der Waals surface area (Å²) >= 11 is 0. The predicted molar refractivity (Wildman–Crippen MR) is 49.6 cm³/mol. The maximum atomic E-state index is 11.5. The van der Waals surface area contributed by atoms with Crippen LogP contribution in [0.1, 0.15) is 25.7 Å². The molecule has 1 saturated heterocycles. The van der Waals surface area contributed by atoms with Crippen LogP contribution in [0.2, 0.25) is 0 Å². The van der Waals surface area contributed by atoms with Gasteiger partial charge in [0, 0.05) is 12.5 Å². The molecule has 1 amide bonds. The van der Waals surface area contributed by atoms with Crippen molar-refractivity contribution in [1.82, 2.24) is 5.32 Å². The lowest BCUT2D eigenvalue weighted by Gasteiger charge is -2.38. The number of rotatable bonds is 1. The molecule has 2 aliphatic rings. The van der Waals surface area contributed by atoms with Crippen molar-refractivity contribution in [2.24, 2.45) is 17.8 Å². The highest BCUT2D eigenvalue weighted by atomic mass is 16.4. The van der Waals surface area contributed by atoms with Crippen molar-refractivity contribution in [3.8, 4) is 0 Å². The fourth-order valence-electron chi connectivity index (χ4n) is 2.79. The van der Waals surface area contributed by atoms with Gasteiger partial charge >= 0.3 is 5.97 Å². The Kier molecular flexibility index (Phi) is 2.44. The van der Waals surface area contributed by atoms with Crippen LogP contribution in [0.4, 0.5) is 0 Å². The Morgan fingerprint density at radius 1 is 1.36 bits per heavy atom. The maximum Gasteiger partial charge on any atom is 0.306 e. The highest BCUT2D eigenvalue weighted by Gasteiger charge is 2.42. The van der Waals surface area contributed by atoms with E-state index in [4.69, 9.17) is 5.11 Å². The van der Waals surface area contributed by atoms with Gasteiger partial charge in [-0.1, -0.05) is 6.42 Å². The van der Waals surface area contributed by atoms with Crippen molar-refractivity contribution in [2.45, 2.75) is 25.7 Å². The van der Waals surface area contributed by atoms with Gasteiger partial charge in [-0.3, -0.25) is 9.59 Å². The van der Waals surface area contributed by atoms with Gasteiger partial charge in [0.1, 0.15) is 0 Å². The molecule has 4 heteroatoms. The molecule has 0 aromatic rings. The normalized spacial score (nSPS) is 37.1. The summed E-state index contributed by atoms with van der Waals surface area (Å²) in [7, 11) is 0. The first kappa shape index (κ1) is 9.49. The van der Waals surface area contributed by atoms with Crippen molar-refractivity contribution in [3.63, 3.8) is 0 Å². The molecule has 4 nitrogen and oxygen atoms in total. The zero-order valence-electron chi connectivity index (χ0n) is 8.03. The first-order chi connectivity index (χ1) is 6.70. The highest BCUT2D eigenvalue weighted by Crippen LogP contribution is 2.38. The van der Waals surface area contributed by atoms with E-state index < -0.39 is 5.97 Å². The van der Waals surface area contributed by atoms with Gasteiger partial charge in [-0.05, 0) is 25.2 Å². The molecule has 3 unspecified atom stereocenters. The number of carbonyl (C=O) groups excluding carboxylic acids is 1. The van der Waals surface area contributed by atoms with Crippen molar-refractivity contribution in [2.75, 3.05) is 6.54 Å². The molecule has 1 aliphatic heterocycles. The molecule has 2 fully saturated rings. The second-order valence-corrected chi connectivity index (χ2v) is 4.23. The molecular weight excluding hydrogens is 182 g/mol. The Labute approximate surface area is 82.7 Å². The van der Waals surface area contributed by atoms with Crippen LogP contribution < -0.4 is 5.32 Å². The zero-order valence-corrected chi connectivity index (χ0v) is 8.03. The average Bonchev–Trinajstić information content (AvgIpc) is 2.17. The van der Waals surface area contributed by atoms with Gasteiger partial charge in [-0.2, -0.15) is 0 Å². The first-order valence-electron chi connectivity index (χ1n) is 5.20. The Morgan fingerprint density at radius 2 is 2.14 bits per heavy atom. The zero-order chi connectivity index (χ0) is 10.1. The number of carboxylic acid groups (broad SMARTS) is 1. The van der Waals surface area contributed by atoms with E-state index >= 15 is 0 Å². The van der Waals surface area contributed by atoms with Gasteiger partial charge in [-0.25, -0.2) is 0 Å². The Morgan fingerprint density at radius 3 is 2.86 bits per heavy atom. The summed E-state index contributed by atoms with van der Waals surface area (Å²) in [6, 6.07) is 0. The third kappa shape index (κ3) is 1.49. The lowest BCUT2D eigenvalue weighted by atomic mass is 9.69. The number of aliphatic carboxylic acids is 1. The topological polar surface area (TPSA) is 66.4 Å². The van der Waals surface area contributed by atoms with Crippen LogP contribution in [0.25, 0.3) is 0 Å². The minimum atomic E-state index is -0.727. The van der Waals surface area contributed by atoms with Crippen LogP contribution in [0.3, 0.4) is 0 Å². The average molecular weight is 197 g/mol. The summed E-state index contributed by atoms with van der Waals surface area (Å²) in [4.78, 5) is 22.5. The molecule has 2 rings (SSSR count). The summed E-state index contributed by atoms with van der Waals surface area (Å²) in [6.07, 6.45) is 3.29. The van der Waals surface area contributed by atoms with E-state index in [9.17, 15) is 9.59 Å². The number of carbonyl (C=O) groups is 2. The molecule has 0 aromatic heterocycles. The number of piperidine rings is 1. The molecule has 0 spiro atoms. The molecule has 1 aliphatic carbocycles. The lowest BCUT2D eigenvalue weighted by molar-refractivity contribution is -0.148. The van der Waals surface area contributed by atoms with Crippen molar-refractivity contribution in [3.05, 3.63) is 0 Å². The van der Waals surface area contributed by atoms with Crippen molar-refractivity contribution >= 4 is 11.9 Å². The Hall–Kier alpha value is -1.06. The third-order valence-corrected chi connectivity index (χ3v) is 3.49. The lowest BCUT2D eigenvalue weighted by Crippen LogP contribution is -2.48. The Balaban J connectivity index is 2.15. The number of hydrogen-bond acceptors (Lipinski definition) is 2. The van der Waals surface area contributed by atoms with Crippen LogP contribution in [0.5, 0.6) is 0 Å². The van der Waals surface area contributed by atoms with Crippen molar-refractivity contribution < 1.29 is 14.7 Å². The van der Waals surface area contributed by atoms with Crippen LogP contribution >= 0.6 is 0 Å². The van der Waals surface area contributed by atoms with E-state index in [0.717, 1.165) is 25.7 Å². The second kappa shape index (κ2) is 3.59. The van der Waals surface area contributed by atoms with Gasteiger partial charge < -0.3 is 10.4 Å². The molecule has 1 saturated carbocycles. The number of fused-ring (bicyclic) bond motifs is 1. The third-order valence-electron chi connectivity index (χ3n) is 3.49. The molecule has 3 atom stereocenters. The molecule has 0 radical (unpaired) electrons. The van der Waals surface area contributed by atoms with Crippen LogP contribution in [0, 0.1) is 17.8 Å². The summed E-state index contributed by atoms with van der Waals surface area (Å²) in [5.41, 5.74) is 0. The SMILES string of the molecule is O=C(O)C1CCCC2C(=O)NCCC12. The molecule has 14 heavy (non-hydrogen) atoms. The van der Waals surface area contributed by atoms with Crippen LogP contribution in [-0.4, -0.2) is 23.5 Å². The summed E-state index contributed by atoms with van der Waals surface area (Å²) in [6.45, 7) is 0.643. The summed E-state index contributed by atoms with van der Waals surface area (Å²) < 4.78 is 0. The largest absolute Gasteiger partial charge is 0.481 e. The van der Waals surface area contributed by atoms with Crippen LogP contribution in [-0.2, 0) is 9.59 Å². The highest BCUT2D eigenvalue weighted by molar-refractivity contribution is 5.81. The van der Waals surface area contributed by atoms with E-state index in [1.54, 1.807) is 0 Å². The van der Waals surface area contributed by atoms with E-state index in [1.165, 1.54) is 0 Å². The molecule has 0 bridgehead atoms. The first-order valence-corrected chi connectivity index (χ1v) is 5.20. The number of hydrogen-bond donors (Lipinski definition) is 2. The van der Waals surface area contributed by atoms with Gasteiger partial charge in [0.05, 0.1) is 5.92 Å². The number of nitrogens with one attached hydrogen (secondary N) is 1. The summed E-state index contributed by atoms with van der Waals surface area (Å²) in [5, 5.41) is 11.8. The monoisotopic (exact) mass is 197 g/mol. The van der Waals surface area contributed by atoms with Crippen LogP contribution in [0.15, 0.2) is 0 Å². The molecule has 2 N–H and O–H groups in total. The van der Waals surface area contributed by atoms with Gasteiger partial charge in [0.25, 0.3) is 0 Å². The number of carboxylic acids is 1. The van der Waals surface area contributed by atoms with E-state index in [0.29, 0.717) is 6.54 Å². The predicted octanol–water partition coefficient (Wildman–Crippen LogP) is 0.623. The minimum Gasteiger partial charge on any atom is -0.481 e. The van der Waals surface area contributed by atoms with E-state index in [1.807, 2.05) is 0 Å². The van der Waals surface area contributed by atoms with E-state index in [2.05, 4.69) is 5.32 Å². The molecular formula is C10H15NO3. The van der Waals surface area contributed by atoms with Gasteiger partial charge in [0.2, 0.25) is 5.91 Å². The second-order valence-electron chi connectivity index (χ2n) is 4.23. The maximum absolute atomic E-state index is 11.5. The fourth-order valence-corrected chi connectivity index (χ4v) is 2.79. The fraction of sp³-hybridized carbons (Fsp3) is 0.800. The molecule has 0 aromatic carbocycles. The smallest absolute Gasteiger partial charge is 0.306 e. The molecule has 78 valence electrons. The standard InChI is InChI=1S/C10H15NO3/c12-9-7-2-1-3-8(10(13)14)6(7)4-5-11-9/h6-8H,1-5H2,(H,11,12)(H,13,14). The minimum absolute atomic E-state index is 0.0430. The van der Waals surface area contributed by atoms with Gasteiger partial charge in [-0.15, -0.1) is 0 Å². The molecule has 1 heterocycles. The Bertz CT molecular complexity index is 258. The van der Waals surface area contributed by atoms with Crippen molar-refractivity contribution in [1.29, 1.82) is 0 Å².